The van der Waals surface area contributed by atoms with E-state index in [1.807, 2.05) is 54.6 Å². The first-order valence-electron chi connectivity index (χ1n) is 10.9. The third-order valence-electron chi connectivity index (χ3n) is 5.37. The Labute approximate surface area is 193 Å². The van der Waals surface area contributed by atoms with Crippen LogP contribution in [-0.2, 0) is 13.2 Å². The highest BCUT2D eigenvalue weighted by molar-refractivity contribution is 6.33. The van der Waals surface area contributed by atoms with E-state index in [-0.39, 0.29) is 6.03 Å². The SMILES string of the molecule is O=C(NCc1cccc(OCc2ccccn2)c1)Nc1ccc(N2CCCCC2)c(Cl)c1. The topological polar surface area (TPSA) is 66.5 Å². The number of rotatable bonds is 7. The van der Waals surface area contributed by atoms with Gasteiger partial charge in [0.05, 0.1) is 16.4 Å². The third-order valence-corrected chi connectivity index (χ3v) is 5.67. The molecule has 7 heteroatoms. The Hall–Kier alpha value is -3.25. The lowest BCUT2D eigenvalue weighted by Gasteiger charge is -2.29. The highest BCUT2D eigenvalue weighted by atomic mass is 35.5. The van der Waals surface area contributed by atoms with E-state index in [0.29, 0.717) is 23.9 Å². The number of carbonyl (C=O) groups is 1. The van der Waals surface area contributed by atoms with Crippen LogP contribution in [0.25, 0.3) is 0 Å². The molecule has 166 valence electrons. The second-order valence-electron chi connectivity index (χ2n) is 7.78. The molecule has 1 fully saturated rings. The smallest absolute Gasteiger partial charge is 0.319 e. The van der Waals surface area contributed by atoms with Crippen molar-refractivity contribution in [2.24, 2.45) is 0 Å². The summed E-state index contributed by atoms with van der Waals surface area (Å²) in [6.45, 7) is 2.83. The Kier molecular flexibility index (Phi) is 7.46. The zero-order valence-corrected chi connectivity index (χ0v) is 18.6. The average Bonchev–Trinajstić information content (AvgIpc) is 2.83. The van der Waals surface area contributed by atoms with E-state index < -0.39 is 0 Å². The van der Waals surface area contributed by atoms with Crippen molar-refractivity contribution >= 4 is 29.0 Å². The molecule has 0 bridgehead atoms. The van der Waals surface area contributed by atoms with Crippen LogP contribution in [0, 0.1) is 0 Å². The Bertz CT molecular complexity index is 1040. The van der Waals surface area contributed by atoms with Crippen molar-refractivity contribution in [3.8, 4) is 5.75 Å². The van der Waals surface area contributed by atoms with Crippen LogP contribution in [0.3, 0.4) is 0 Å². The van der Waals surface area contributed by atoms with Crippen LogP contribution < -0.4 is 20.3 Å². The molecule has 1 aromatic heterocycles. The minimum Gasteiger partial charge on any atom is -0.487 e. The van der Waals surface area contributed by atoms with Crippen molar-refractivity contribution in [2.75, 3.05) is 23.3 Å². The summed E-state index contributed by atoms with van der Waals surface area (Å²) < 4.78 is 5.80. The fourth-order valence-corrected chi connectivity index (χ4v) is 4.02. The summed E-state index contributed by atoms with van der Waals surface area (Å²) in [7, 11) is 0. The molecule has 1 aliphatic rings. The highest BCUT2D eigenvalue weighted by Crippen LogP contribution is 2.30. The standard InChI is InChI=1S/C25H27ClN4O2/c26-23-16-20(10-11-24(23)30-13-4-1-5-14-30)29-25(31)28-17-19-7-6-9-22(15-19)32-18-21-8-2-3-12-27-21/h2-3,6-12,15-16H,1,4-5,13-14,17-18H2,(H2,28,29,31). The zero-order chi connectivity index (χ0) is 22.2. The lowest BCUT2D eigenvalue weighted by atomic mass is 10.1. The first-order valence-corrected chi connectivity index (χ1v) is 11.3. The number of benzene rings is 2. The molecule has 2 heterocycles. The number of nitrogens with zero attached hydrogens (tertiary/aromatic N) is 2. The van der Waals surface area contributed by atoms with E-state index in [0.717, 1.165) is 35.8 Å². The molecule has 6 nitrogen and oxygen atoms in total. The number of pyridine rings is 1. The van der Waals surface area contributed by atoms with E-state index in [4.69, 9.17) is 16.3 Å². The number of amides is 2. The van der Waals surface area contributed by atoms with Gasteiger partial charge in [0.2, 0.25) is 0 Å². The van der Waals surface area contributed by atoms with Crippen molar-refractivity contribution < 1.29 is 9.53 Å². The molecule has 1 aliphatic heterocycles. The van der Waals surface area contributed by atoms with Gasteiger partial charge in [0.25, 0.3) is 0 Å². The van der Waals surface area contributed by atoms with Crippen LogP contribution in [-0.4, -0.2) is 24.1 Å². The van der Waals surface area contributed by atoms with Gasteiger partial charge in [-0.15, -0.1) is 0 Å². The number of hydrogen-bond donors (Lipinski definition) is 2. The maximum absolute atomic E-state index is 12.4. The van der Waals surface area contributed by atoms with Crippen LogP contribution in [0.2, 0.25) is 5.02 Å². The third kappa shape index (κ3) is 6.14. The summed E-state index contributed by atoms with van der Waals surface area (Å²) in [6.07, 6.45) is 5.39. The van der Waals surface area contributed by atoms with Crippen molar-refractivity contribution in [2.45, 2.75) is 32.4 Å². The maximum Gasteiger partial charge on any atom is 0.319 e. The van der Waals surface area contributed by atoms with Crippen LogP contribution in [0.5, 0.6) is 5.75 Å². The normalized spacial score (nSPS) is 13.5. The molecule has 4 rings (SSSR count). The molecule has 0 aliphatic carbocycles. The van der Waals surface area contributed by atoms with Crippen molar-refractivity contribution in [1.29, 1.82) is 0 Å². The summed E-state index contributed by atoms with van der Waals surface area (Å²) in [5.74, 6) is 0.732. The average molecular weight is 451 g/mol. The fraction of sp³-hybridized carbons (Fsp3) is 0.280. The molecular weight excluding hydrogens is 424 g/mol. The Morgan fingerprint density at radius 1 is 1.03 bits per heavy atom. The summed E-state index contributed by atoms with van der Waals surface area (Å²) in [5.41, 5.74) is 3.50. The molecule has 0 radical (unpaired) electrons. The van der Waals surface area contributed by atoms with Crippen LogP contribution in [0.4, 0.5) is 16.2 Å². The molecule has 0 saturated carbocycles. The van der Waals surface area contributed by atoms with Crippen LogP contribution in [0.15, 0.2) is 66.9 Å². The number of hydrogen-bond acceptors (Lipinski definition) is 4. The van der Waals surface area contributed by atoms with E-state index in [1.54, 1.807) is 12.3 Å². The monoisotopic (exact) mass is 450 g/mol. The Morgan fingerprint density at radius 3 is 2.69 bits per heavy atom. The number of anilines is 2. The quantitative estimate of drug-likeness (QED) is 0.489. The van der Waals surface area contributed by atoms with Gasteiger partial charge in [-0.2, -0.15) is 0 Å². The summed E-state index contributed by atoms with van der Waals surface area (Å²) in [4.78, 5) is 18.9. The van der Waals surface area contributed by atoms with Gasteiger partial charge in [0.1, 0.15) is 12.4 Å². The number of piperidine rings is 1. The number of carbonyl (C=O) groups excluding carboxylic acids is 1. The number of halogens is 1. The molecule has 0 spiro atoms. The van der Waals surface area contributed by atoms with Crippen molar-refractivity contribution in [3.05, 3.63) is 83.1 Å². The van der Waals surface area contributed by atoms with Crippen LogP contribution in [0.1, 0.15) is 30.5 Å². The molecular formula is C25H27ClN4O2. The molecule has 32 heavy (non-hydrogen) atoms. The Balaban J connectivity index is 1.28. The molecule has 2 amide bonds. The van der Waals surface area contributed by atoms with E-state index in [9.17, 15) is 4.79 Å². The summed E-state index contributed by atoms with van der Waals surface area (Å²) in [6, 6.07) is 18.8. The molecule has 0 atom stereocenters. The number of nitrogens with one attached hydrogen (secondary N) is 2. The van der Waals surface area contributed by atoms with Gasteiger partial charge in [-0.05, 0) is 67.3 Å². The van der Waals surface area contributed by atoms with Gasteiger partial charge in [-0.3, -0.25) is 4.98 Å². The van der Waals surface area contributed by atoms with Crippen molar-refractivity contribution in [3.63, 3.8) is 0 Å². The predicted molar refractivity (Wildman–Crippen MR) is 128 cm³/mol. The fourth-order valence-electron chi connectivity index (χ4n) is 3.72. The minimum absolute atomic E-state index is 0.286. The largest absolute Gasteiger partial charge is 0.487 e. The first kappa shape index (κ1) is 22.0. The highest BCUT2D eigenvalue weighted by Gasteiger charge is 2.14. The number of aromatic nitrogens is 1. The van der Waals surface area contributed by atoms with Crippen molar-refractivity contribution in [1.82, 2.24) is 10.3 Å². The lowest BCUT2D eigenvalue weighted by Crippen LogP contribution is -2.30. The first-order chi connectivity index (χ1) is 15.7. The predicted octanol–water partition coefficient (Wildman–Crippen LogP) is 5.63. The summed E-state index contributed by atoms with van der Waals surface area (Å²) in [5, 5.41) is 6.38. The Morgan fingerprint density at radius 2 is 1.91 bits per heavy atom. The minimum atomic E-state index is -0.286. The molecule has 1 saturated heterocycles. The lowest BCUT2D eigenvalue weighted by molar-refractivity contribution is 0.251. The zero-order valence-electron chi connectivity index (χ0n) is 17.9. The van der Waals surface area contributed by atoms with E-state index in [1.165, 1.54) is 19.3 Å². The van der Waals surface area contributed by atoms with Gasteiger partial charge < -0.3 is 20.3 Å². The molecule has 3 aromatic rings. The second-order valence-corrected chi connectivity index (χ2v) is 8.19. The van der Waals surface area contributed by atoms with Gasteiger partial charge in [-0.25, -0.2) is 4.79 Å². The maximum atomic E-state index is 12.4. The van der Waals surface area contributed by atoms with Crippen LogP contribution >= 0.6 is 11.6 Å². The van der Waals surface area contributed by atoms with Gasteiger partial charge in [0, 0.05) is 31.5 Å². The van der Waals surface area contributed by atoms with E-state index >= 15 is 0 Å². The van der Waals surface area contributed by atoms with Gasteiger partial charge in [0.15, 0.2) is 0 Å². The molecule has 2 N–H and O–H groups in total. The second kappa shape index (κ2) is 10.9. The number of urea groups is 1. The summed E-state index contributed by atoms with van der Waals surface area (Å²) >= 11 is 6.48. The number of ether oxygens (including phenoxy) is 1. The van der Waals surface area contributed by atoms with Gasteiger partial charge >= 0.3 is 6.03 Å². The molecule has 0 unspecified atom stereocenters. The van der Waals surface area contributed by atoms with E-state index in [2.05, 4.69) is 20.5 Å². The van der Waals surface area contributed by atoms with Gasteiger partial charge in [-0.1, -0.05) is 29.8 Å². The molecule has 2 aromatic carbocycles.